The van der Waals surface area contributed by atoms with Crippen LogP contribution in [0.25, 0.3) is 0 Å². The number of carbonyl (C=O) groups excluding carboxylic acids is 4. The minimum Gasteiger partial charge on any atom is -0.370 e. The Bertz CT molecular complexity index is 1120. The average Bonchev–Trinajstić information content (AvgIpc) is 3.57. The summed E-state index contributed by atoms with van der Waals surface area (Å²) in [6.45, 7) is 0.243. The van der Waals surface area contributed by atoms with E-state index in [1.165, 1.54) is 17.0 Å². The lowest BCUT2D eigenvalue weighted by Gasteiger charge is -2.27. The SMILES string of the molecule is O=C(NC[C@@H](NC(=O)C1CC1)C(=O)Nc1ccc(N2CCOCC2=O)c(F)c1)c1ccc(Cl)s1. The molecule has 2 aliphatic rings. The van der Waals surface area contributed by atoms with Gasteiger partial charge < -0.3 is 25.6 Å². The second-order valence-corrected chi connectivity index (χ2v) is 9.62. The topological polar surface area (TPSA) is 117 Å². The third kappa shape index (κ3) is 5.91. The van der Waals surface area contributed by atoms with Gasteiger partial charge in [0.05, 0.1) is 21.5 Å². The predicted molar refractivity (Wildman–Crippen MR) is 125 cm³/mol. The number of rotatable bonds is 8. The van der Waals surface area contributed by atoms with E-state index < -0.39 is 23.7 Å². The molecule has 0 spiro atoms. The van der Waals surface area contributed by atoms with E-state index in [1.807, 2.05) is 0 Å². The molecule has 3 N–H and O–H groups in total. The smallest absolute Gasteiger partial charge is 0.261 e. The number of anilines is 2. The molecule has 1 aromatic carbocycles. The fraction of sp³-hybridized carbons (Fsp3) is 0.364. The van der Waals surface area contributed by atoms with Crippen molar-refractivity contribution >= 4 is 57.9 Å². The summed E-state index contributed by atoms with van der Waals surface area (Å²) in [5, 5.41) is 7.83. The van der Waals surface area contributed by atoms with E-state index in [4.69, 9.17) is 16.3 Å². The van der Waals surface area contributed by atoms with E-state index in [0.29, 0.717) is 15.8 Å². The number of nitrogens with one attached hydrogen (secondary N) is 3. The van der Waals surface area contributed by atoms with Crippen LogP contribution in [0.4, 0.5) is 15.8 Å². The van der Waals surface area contributed by atoms with Gasteiger partial charge in [0, 0.05) is 24.7 Å². The Morgan fingerprint density at radius 2 is 2.03 bits per heavy atom. The van der Waals surface area contributed by atoms with Gasteiger partial charge in [-0.3, -0.25) is 19.2 Å². The van der Waals surface area contributed by atoms with E-state index in [0.717, 1.165) is 30.2 Å². The number of ether oxygens (including phenoxy) is 1. The first-order chi connectivity index (χ1) is 16.3. The molecular formula is C22H22ClFN4O5S. The highest BCUT2D eigenvalue weighted by Gasteiger charge is 2.33. The highest BCUT2D eigenvalue weighted by atomic mass is 35.5. The van der Waals surface area contributed by atoms with Crippen LogP contribution in [-0.4, -0.2) is 56.0 Å². The van der Waals surface area contributed by atoms with Gasteiger partial charge in [0.15, 0.2) is 0 Å². The number of amides is 4. The van der Waals surface area contributed by atoms with Crippen LogP contribution < -0.4 is 20.9 Å². The van der Waals surface area contributed by atoms with Gasteiger partial charge in [-0.05, 0) is 43.2 Å². The van der Waals surface area contributed by atoms with Gasteiger partial charge in [-0.15, -0.1) is 11.3 Å². The maximum absolute atomic E-state index is 14.7. The summed E-state index contributed by atoms with van der Waals surface area (Å²) in [5.41, 5.74) is 0.237. The van der Waals surface area contributed by atoms with Crippen LogP contribution in [-0.2, 0) is 19.1 Å². The van der Waals surface area contributed by atoms with Crippen molar-refractivity contribution in [2.45, 2.75) is 18.9 Å². The molecule has 1 aliphatic heterocycles. The average molecular weight is 509 g/mol. The molecule has 12 heteroatoms. The van der Waals surface area contributed by atoms with Crippen molar-refractivity contribution in [2.75, 3.05) is 36.5 Å². The Morgan fingerprint density at radius 1 is 1.24 bits per heavy atom. The Hall–Kier alpha value is -3.02. The van der Waals surface area contributed by atoms with Crippen LogP contribution >= 0.6 is 22.9 Å². The molecule has 180 valence electrons. The second-order valence-electron chi connectivity index (χ2n) is 7.90. The van der Waals surface area contributed by atoms with Gasteiger partial charge in [0.2, 0.25) is 11.8 Å². The van der Waals surface area contributed by atoms with E-state index >= 15 is 0 Å². The van der Waals surface area contributed by atoms with E-state index in [9.17, 15) is 23.6 Å². The summed E-state index contributed by atoms with van der Waals surface area (Å²) >= 11 is 6.95. The summed E-state index contributed by atoms with van der Waals surface area (Å²) in [6, 6.07) is 6.03. The van der Waals surface area contributed by atoms with Crippen molar-refractivity contribution in [1.29, 1.82) is 0 Å². The van der Waals surface area contributed by atoms with Crippen molar-refractivity contribution < 1.29 is 28.3 Å². The molecule has 2 fully saturated rings. The molecule has 0 radical (unpaired) electrons. The maximum atomic E-state index is 14.7. The minimum absolute atomic E-state index is 0.0896. The number of carbonyl (C=O) groups is 4. The van der Waals surface area contributed by atoms with Crippen LogP contribution in [0.2, 0.25) is 4.34 Å². The fourth-order valence-corrected chi connectivity index (χ4v) is 4.33. The molecule has 0 unspecified atom stereocenters. The largest absolute Gasteiger partial charge is 0.370 e. The third-order valence-corrected chi connectivity index (χ3v) is 6.57. The zero-order valence-electron chi connectivity index (χ0n) is 17.9. The first-order valence-electron chi connectivity index (χ1n) is 10.6. The van der Waals surface area contributed by atoms with Crippen molar-refractivity contribution in [1.82, 2.24) is 10.6 Å². The minimum atomic E-state index is -1.07. The first-order valence-corrected chi connectivity index (χ1v) is 11.8. The number of halogens is 2. The van der Waals surface area contributed by atoms with Crippen molar-refractivity contribution in [3.05, 3.63) is 45.4 Å². The second kappa shape index (κ2) is 10.5. The van der Waals surface area contributed by atoms with E-state index in [1.54, 1.807) is 12.1 Å². The molecule has 1 aromatic heterocycles. The molecule has 4 amide bonds. The van der Waals surface area contributed by atoms with Crippen LogP contribution in [0, 0.1) is 11.7 Å². The summed E-state index contributed by atoms with van der Waals surface area (Å²) < 4.78 is 20.2. The number of hydrogen-bond acceptors (Lipinski definition) is 6. The van der Waals surface area contributed by atoms with Gasteiger partial charge in [-0.25, -0.2) is 4.39 Å². The molecule has 1 saturated carbocycles. The summed E-state index contributed by atoms with van der Waals surface area (Å²) in [4.78, 5) is 51.1. The third-order valence-electron chi connectivity index (χ3n) is 5.34. The Kier molecular flexibility index (Phi) is 7.44. The lowest BCUT2D eigenvalue weighted by molar-refractivity contribution is -0.127. The lowest BCUT2D eigenvalue weighted by atomic mass is 10.2. The molecule has 9 nitrogen and oxygen atoms in total. The van der Waals surface area contributed by atoms with Gasteiger partial charge >= 0.3 is 0 Å². The van der Waals surface area contributed by atoms with E-state index in [2.05, 4.69) is 16.0 Å². The normalized spacial score (nSPS) is 16.6. The highest BCUT2D eigenvalue weighted by Crippen LogP contribution is 2.29. The number of benzene rings is 1. The summed E-state index contributed by atoms with van der Waals surface area (Å²) in [7, 11) is 0. The number of hydrogen-bond donors (Lipinski definition) is 3. The van der Waals surface area contributed by atoms with Gasteiger partial charge in [0.25, 0.3) is 11.8 Å². The zero-order valence-corrected chi connectivity index (χ0v) is 19.5. The maximum Gasteiger partial charge on any atom is 0.261 e. The first kappa shape index (κ1) is 24.1. The Labute approximate surface area is 203 Å². The van der Waals surface area contributed by atoms with Crippen molar-refractivity contribution in [3.8, 4) is 0 Å². The molecule has 2 heterocycles. The highest BCUT2D eigenvalue weighted by molar-refractivity contribution is 7.18. The number of morpholine rings is 1. The van der Waals surface area contributed by atoms with Crippen molar-refractivity contribution in [2.24, 2.45) is 5.92 Å². The molecule has 1 atom stereocenters. The van der Waals surface area contributed by atoms with Crippen LogP contribution in [0.15, 0.2) is 30.3 Å². The molecular weight excluding hydrogens is 487 g/mol. The Balaban J connectivity index is 1.42. The van der Waals surface area contributed by atoms with Crippen LogP contribution in [0.1, 0.15) is 22.5 Å². The number of nitrogens with zero attached hydrogens (tertiary/aromatic N) is 1. The molecule has 1 saturated heterocycles. The zero-order chi connectivity index (χ0) is 24.2. The lowest BCUT2D eigenvalue weighted by Crippen LogP contribution is -2.51. The summed E-state index contributed by atoms with van der Waals surface area (Å²) in [5.74, 6) is -2.51. The molecule has 34 heavy (non-hydrogen) atoms. The number of thiophene rings is 1. The van der Waals surface area contributed by atoms with Crippen LogP contribution in [0.3, 0.4) is 0 Å². The molecule has 4 rings (SSSR count). The van der Waals surface area contributed by atoms with Crippen molar-refractivity contribution in [3.63, 3.8) is 0 Å². The molecule has 1 aliphatic carbocycles. The Morgan fingerprint density at radius 3 is 2.68 bits per heavy atom. The van der Waals surface area contributed by atoms with Gasteiger partial charge in [-0.1, -0.05) is 11.6 Å². The van der Waals surface area contributed by atoms with E-state index in [-0.39, 0.29) is 48.8 Å². The molecule has 2 aromatic rings. The predicted octanol–water partition coefficient (Wildman–Crippen LogP) is 2.17. The fourth-order valence-electron chi connectivity index (χ4n) is 3.37. The summed E-state index contributed by atoms with van der Waals surface area (Å²) in [6.07, 6.45) is 1.49. The molecule has 0 bridgehead atoms. The monoisotopic (exact) mass is 508 g/mol. The van der Waals surface area contributed by atoms with Crippen LogP contribution in [0.5, 0.6) is 0 Å². The van der Waals surface area contributed by atoms with Gasteiger partial charge in [-0.2, -0.15) is 0 Å². The quantitative estimate of drug-likeness (QED) is 0.505. The standard InChI is InChI=1S/C22H22ClFN4O5S/c23-18-6-5-17(34-18)22(32)25-10-15(27-20(30)12-1-2-12)21(31)26-13-3-4-16(14(24)9-13)28-7-8-33-11-19(28)29/h3-6,9,12,15H,1-2,7-8,10-11H2,(H,25,32)(H,26,31)(H,27,30)/t15-/m1/s1. The van der Waals surface area contributed by atoms with Gasteiger partial charge in [0.1, 0.15) is 18.5 Å².